The van der Waals surface area contributed by atoms with E-state index in [0.717, 1.165) is 6.42 Å². The Morgan fingerprint density at radius 2 is 1.96 bits per heavy atom. The Balaban J connectivity index is 2.29. The van der Waals surface area contributed by atoms with Crippen molar-refractivity contribution in [3.63, 3.8) is 0 Å². The second-order valence-corrected chi connectivity index (χ2v) is 8.03. The van der Waals surface area contributed by atoms with Gasteiger partial charge < -0.3 is 35.4 Å². The van der Waals surface area contributed by atoms with E-state index in [4.69, 9.17) is 4.74 Å². The SMILES string of the molecule is CCCC(O)C(O)/C=C/C1=C(CO)C2OC(C(C)(C)O)CC2(O)CC1O. The third kappa shape index (κ3) is 4.36. The van der Waals surface area contributed by atoms with E-state index in [9.17, 15) is 30.6 Å². The van der Waals surface area contributed by atoms with E-state index < -0.39 is 48.3 Å². The molecule has 1 saturated heterocycles. The van der Waals surface area contributed by atoms with Gasteiger partial charge in [-0.3, -0.25) is 0 Å². The molecule has 7 heteroatoms. The first-order valence-corrected chi connectivity index (χ1v) is 9.20. The predicted octanol–water partition coefficient (Wildman–Crippen LogP) is -0.223. The minimum Gasteiger partial charge on any atom is -0.392 e. The molecule has 150 valence electrons. The summed E-state index contributed by atoms with van der Waals surface area (Å²) in [6, 6.07) is 0. The van der Waals surface area contributed by atoms with Crippen molar-refractivity contribution in [1.29, 1.82) is 0 Å². The van der Waals surface area contributed by atoms with Crippen LogP contribution in [0.4, 0.5) is 0 Å². The molecule has 1 aliphatic heterocycles. The number of fused-ring (bicyclic) bond motifs is 1. The van der Waals surface area contributed by atoms with Crippen LogP contribution >= 0.6 is 0 Å². The lowest BCUT2D eigenvalue weighted by molar-refractivity contribution is -0.0948. The Hall–Kier alpha value is -0.800. The molecule has 7 nitrogen and oxygen atoms in total. The lowest BCUT2D eigenvalue weighted by Gasteiger charge is -2.38. The van der Waals surface area contributed by atoms with Gasteiger partial charge in [0.25, 0.3) is 0 Å². The molecular weight excluding hydrogens is 340 g/mol. The molecule has 0 saturated carbocycles. The molecular formula is C19H32O7. The zero-order valence-corrected chi connectivity index (χ0v) is 15.7. The van der Waals surface area contributed by atoms with Crippen molar-refractivity contribution >= 4 is 0 Å². The number of hydrogen-bond acceptors (Lipinski definition) is 7. The molecule has 0 aromatic rings. The van der Waals surface area contributed by atoms with Crippen molar-refractivity contribution in [2.75, 3.05) is 6.61 Å². The van der Waals surface area contributed by atoms with Crippen molar-refractivity contribution in [3.8, 4) is 0 Å². The lowest BCUT2D eigenvalue weighted by atomic mass is 9.74. The molecule has 0 aromatic carbocycles. The molecule has 6 atom stereocenters. The summed E-state index contributed by atoms with van der Waals surface area (Å²) < 4.78 is 5.83. The Kier molecular flexibility index (Phi) is 6.66. The Morgan fingerprint density at radius 1 is 1.31 bits per heavy atom. The van der Waals surface area contributed by atoms with Gasteiger partial charge in [-0.15, -0.1) is 0 Å². The Labute approximate surface area is 154 Å². The highest BCUT2D eigenvalue weighted by Gasteiger charge is 2.56. The van der Waals surface area contributed by atoms with Crippen LogP contribution in [-0.4, -0.2) is 79.0 Å². The molecule has 0 aromatic heterocycles. The molecule has 26 heavy (non-hydrogen) atoms. The highest BCUT2D eigenvalue weighted by Crippen LogP contribution is 2.46. The third-order valence-electron chi connectivity index (χ3n) is 5.33. The van der Waals surface area contributed by atoms with E-state index in [1.807, 2.05) is 6.92 Å². The van der Waals surface area contributed by atoms with E-state index in [2.05, 4.69) is 0 Å². The summed E-state index contributed by atoms with van der Waals surface area (Å²) in [5.74, 6) is 0. The largest absolute Gasteiger partial charge is 0.392 e. The Bertz CT molecular complexity index is 551. The van der Waals surface area contributed by atoms with Crippen LogP contribution in [0.3, 0.4) is 0 Å². The third-order valence-corrected chi connectivity index (χ3v) is 5.33. The summed E-state index contributed by atoms with van der Waals surface area (Å²) in [6.45, 7) is 4.64. The van der Waals surface area contributed by atoms with E-state index in [-0.39, 0.29) is 12.8 Å². The van der Waals surface area contributed by atoms with Crippen LogP contribution in [0.25, 0.3) is 0 Å². The van der Waals surface area contributed by atoms with Gasteiger partial charge in [0, 0.05) is 12.8 Å². The molecule has 0 radical (unpaired) electrons. The molecule has 0 spiro atoms. The van der Waals surface area contributed by atoms with Crippen LogP contribution in [0.15, 0.2) is 23.3 Å². The summed E-state index contributed by atoms with van der Waals surface area (Å²) in [5, 5.41) is 61.2. The quantitative estimate of drug-likeness (QED) is 0.364. The molecule has 1 fully saturated rings. The van der Waals surface area contributed by atoms with Gasteiger partial charge in [-0.05, 0) is 31.4 Å². The van der Waals surface area contributed by atoms with Crippen molar-refractivity contribution in [2.45, 2.75) is 88.2 Å². The van der Waals surface area contributed by atoms with Crippen LogP contribution in [0.2, 0.25) is 0 Å². The fourth-order valence-electron chi connectivity index (χ4n) is 3.78. The first-order chi connectivity index (χ1) is 12.0. The van der Waals surface area contributed by atoms with Gasteiger partial charge in [0.2, 0.25) is 0 Å². The lowest BCUT2D eigenvalue weighted by Crippen LogP contribution is -2.48. The minimum atomic E-state index is -1.38. The topological polar surface area (TPSA) is 131 Å². The molecule has 0 bridgehead atoms. The smallest absolute Gasteiger partial charge is 0.111 e. The second-order valence-electron chi connectivity index (χ2n) is 8.03. The summed E-state index contributed by atoms with van der Waals surface area (Å²) in [5.41, 5.74) is -1.86. The highest BCUT2D eigenvalue weighted by atomic mass is 16.5. The molecule has 1 aliphatic carbocycles. The van der Waals surface area contributed by atoms with Crippen LogP contribution in [0.1, 0.15) is 46.5 Å². The minimum absolute atomic E-state index is 0.00102. The normalized spacial score (nSPS) is 35.0. The highest BCUT2D eigenvalue weighted by molar-refractivity contribution is 5.39. The zero-order chi connectivity index (χ0) is 19.7. The molecule has 0 amide bonds. The monoisotopic (exact) mass is 372 g/mol. The second kappa shape index (κ2) is 8.06. The van der Waals surface area contributed by atoms with Crippen LogP contribution < -0.4 is 0 Å². The fraction of sp³-hybridized carbons (Fsp3) is 0.789. The van der Waals surface area contributed by atoms with Crippen molar-refractivity contribution in [3.05, 3.63) is 23.3 Å². The standard InChI is InChI=1S/C19H32O7/c1-4-5-13(21)14(22)7-6-11-12(10-20)17-19(25,8-15(11)23)9-16(26-17)18(2,3)24/h6-7,13-17,20-25H,4-5,8-10H2,1-3H3/b7-6+. The van der Waals surface area contributed by atoms with E-state index in [1.165, 1.54) is 12.2 Å². The average molecular weight is 372 g/mol. The first kappa shape index (κ1) is 21.5. The van der Waals surface area contributed by atoms with Crippen molar-refractivity contribution in [2.24, 2.45) is 0 Å². The summed E-state index contributed by atoms with van der Waals surface area (Å²) in [4.78, 5) is 0. The van der Waals surface area contributed by atoms with Crippen molar-refractivity contribution < 1.29 is 35.4 Å². The van der Waals surface area contributed by atoms with E-state index >= 15 is 0 Å². The number of hydrogen-bond donors (Lipinski definition) is 6. The number of aliphatic hydroxyl groups excluding tert-OH is 4. The zero-order valence-electron chi connectivity index (χ0n) is 15.7. The van der Waals surface area contributed by atoms with Gasteiger partial charge in [0.1, 0.15) is 11.7 Å². The van der Waals surface area contributed by atoms with Gasteiger partial charge in [0.15, 0.2) is 0 Å². The number of rotatable bonds is 7. The average Bonchev–Trinajstić information content (AvgIpc) is 2.89. The molecule has 6 N–H and O–H groups in total. The predicted molar refractivity (Wildman–Crippen MR) is 95.3 cm³/mol. The van der Waals surface area contributed by atoms with Gasteiger partial charge in [-0.2, -0.15) is 0 Å². The molecule has 2 aliphatic rings. The summed E-state index contributed by atoms with van der Waals surface area (Å²) in [6.07, 6.45) is -0.359. The summed E-state index contributed by atoms with van der Waals surface area (Å²) >= 11 is 0. The maximum Gasteiger partial charge on any atom is 0.111 e. The van der Waals surface area contributed by atoms with Crippen LogP contribution in [-0.2, 0) is 4.74 Å². The fourth-order valence-corrected chi connectivity index (χ4v) is 3.78. The van der Waals surface area contributed by atoms with Crippen LogP contribution in [0, 0.1) is 0 Å². The van der Waals surface area contributed by atoms with Gasteiger partial charge in [-0.25, -0.2) is 0 Å². The number of aliphatic hydroxyl groups is 6. The Morgan fingerprint density at radius 3 is 2.50 bits per heavy atom. The first-order valence-electron chi connectivity index (χ1n) is 9.20. The molecule has 6 unspecified atom stereocenters. The van der Waals surface area contributed by atoms with E-state index in [0.29, 0.717) is 17.6 Å². The maximum absolute atomic E-state index is 10.9. The van der Waals surface area contributed by atoms with Crippen molar-refractivity contribution in [1.82, 2.24) is 0 Å². The summed E-state index contributed by atoms with van der Waals surface area (Å²) in [7, 11) is 0. The molecule has 1 heterocycles. The van der Waals surface area contributed by atoms with Gasteiger partial charge >= 0.3 is 0 Å². The van der Waals surface area contributed by atoms with Gasteiger partial charge in [-0.1, -0.05) is 25.5 Å². The van der Waals surface area contributed by atoms with Gasteiger partial charge in [0.05, 0.1) is 36.6 Å². The van der Waals surface area contributed by atoms with Crippen LogP contribution in [0.5, 0.6) is 0 Å². The molecule has 2 rings (SSSR count). The van der Waals surface area contributed by atoms with E-state index in [1.54, 1.807) is 13.8 Å². The maximum atomic E-state index is 10.9. The number of ether oxygens (including phenoxy) is 1.